The molecule has 0 spiro atoms. The van der Waals surface area contributed by atoms with Gasteiger partial charge in [0.2, 0.25) is 0 Å². The summed E-state index contributed by atoms with van der Waals surface area (Å²) in [4.78, 5) is 2.23. The summed E-state index contributed by atoms with van der Waals surface area (Å²) in [6, 6.07) is 10.1. The third-order valence-electron chi connectivity index (χ3n) is 4.51. The van der Waals surface area contributed by atoms with E-state index in [1.54, 1.807) is 23.1 Å². The van der Waals surface area contributed by atoms with Crippen molar-refractivity contribution in [3.05, 3.63) is 58.8 Å². The van der Waals surface area contributed by atoms with Crippen LogP contribution in [0.4, 0.5) is 4.39 Å². The van der Waals surface area contributed by atoms with Crippen molar-refractivity contribution < 1.29 is 13.5 Å². The Morgan fingerprint density at radius 2 is 2.08 bits per heavy atom. The third kappa shape index (κ3) is 3.35. The number of halogens is 1. The zero-order chi connectivity index (χ0) is 18.1. The van der Waals surface area contributed by atoms with Crippen molar-refractivity contribution in [1.82, 2.24) is 19.2 Å². The second-order valence-corrected chi connectivity index (χ2v) is 6.64. The van der Waals surface area contributed by atoms with Crippen LogP contribution < -0.4 is 0 Å². The molecule has 1 saturated heterocycles. The molecule has 1 fully saturated rings. The maximum absolute atomic E-state index is 13.1. The minimum absolute atomic E-state index is 0.0909. The summed E-state index contributed by atoms with van der Waals surface area (Å²) >= 11 is 5.52. The van der Waals surface area contributed by atoms with Crippen LogP contribution in [-0.4, -0.2) is 38.9 Å². The number of furan rings is 1. The molecule has 4 rings (SSSR count). The summed E-state index contributed by atoms with van der Waals surface area (Å²) in [5.41, 5.74) is 0.969. The highest BCUT2D eigenvalue weighted by Crippen LogP contribution is 2.23. The molecule has 2 aromatic heterocycles. The summed E-state index contributed by atoms with van der Waals surface area (Å²) in [6.07, 6.45) is 1.53. The van der Waals surface area contributed by atoms with Gasteiger partial charge in [-0.15, -0.1) is 5.10 Å². The Kier molecular flexibility index (Phi) is 4.71. The normalized spacial score (nSPS) is 18.3. The number of hydrogen-bond donors (Lipinski definition) is 0. The predicted octanol–water partition coefficient (Wildman–Crippen LogP) is 3.38. The molecule has 1 aliphatic heterocycles. The van der Waals surface area contributed by atoms with Gasteiger partial charge in [0.15, 0.2) is 16.4 Å². The summed E-state index contributed by atoms with van der Waals surface area (Å²) in [7, 11) is 1.88. The zero-order valence-electron chi connectivity index (χ0n) is 14.3. The van der Waals surface area contributed by atoms with Crippen LogP contribution in [0.3, 0.4) is 0 Å². The second-order valence-electron chi connectivity index (χ2n) is 6.27. The number of benzene rings is 1. The van der Waals surface area contributed by atoms with Gasteiger partial charge in [0.25, 0.3) is 0 Å². The summed E-state index contributed by atoms with van der Waals surface area (Å²) < 4.78 is 28.7. The van der Waals surface area contributed by atoms with Gasteiger partial charge in [0.1, 0.15) is 5.82 Å². The lowest BCUT2D eigenvalue weighted by atomic mass is 10.1. The van der Waals surface area contributed by atoms with Gasteiger partial charge in [-0.1, -0.05) is 12.1 Å². The molecule has 0 aliphatic carbocycles. The van der Waals surface area contributed by atoms with E-state index in [-0.39, 0.29) is 11.9 Å². The van der Waals surface area contributed by atoms with E-state index in [2.05, 4.69) is 10.00 Å². The first kappa shape index (κ1) is 17.1. The second kappa shape index (κ2) is 7.14. The zero-order valence-corrected chi connectivity index (χ0v) is 15.2. The number of hydrogen-bond acceptors (Lipinski definition) is 5. The van der Waals surface area contributed by atoms with Gasteiger partial charge in [-0.3, -0.25) is 4.90 Å². The van der Waals surface area contributed by atoms with Crippen molar-refractivity contribution in [2.24, 2.45) is 7.05 Å². The van der Waals surface area contributed by atoms with Gasteiger partial charge in [-0.2, -0.15) is 0 Å². The van der Waals surface area contributed by atoms with Gasteiger partial charge in [-0.25, -0.2) is 9.07 Å². The van der Waals surface area contributed by atoms with Crippen LogP contribution in [-0.2, 0) is 18.5 Å². The SMILES string of the molecule is Cn1c(-c2ccco2)nn(CN2CCOC(c3ccc(F)cc3)C2)c1=S. The number of morpholine rings is 1. The van der Waals surface area contributed by atoms with Crippen LogP contribution in [0.15, 0.2) is 47.1 Å². The lowest BCUT2D eigenvalue weighted by Gasteiger charge is -2.32. The lowest BCUT2D eigenvalue weighted by molar-refractivity contribution is -0.0419. The third-order valence-corrected chi connectivity index (χ3v) is 4.99. The van der Waals surface area contributed by atoms with E-state index in [4.69, 9.17) is 21.4 Å². The summed E-state index contributed by atoms with van der Waals surface area (Å²) in [5.74, 6) is 1.14. The maximum Gasteiger partial charge on any atom is 0.199 e. The molecule has 3 aromatic rings. The molecule has 0 radical (unpaired) electrons. The first-order valence-electron chi connectivity index (χ1n) is 8.39. The molecule has 3 heterocycles. The molecule has 26 heavy (non-hydrogen) atoms. The molecule has 0 amide bonds. The fraction of sp³-hybridized carbons (Fsp3) is 0.333. The molecule has 0 saturated carbocycles. The Morgan fingerprint density at radius 1 is 1.27 bits per heavy atom. The molecule has 8 heteroatoms. The fourth-order valence-corrected chi connectivity index (χ4v) is 3.28. The largest absolute Gasteiger partial charge is 0.461 e. The quantitative estimate of drug-likeness (QED) is 0.655. The average molecular weight is 374 g/mol. The van der Waals surface area contributed by atoms with Crippen molar-refractivity contribution >= 4 is 12.2 Å². The van der Waals surface area contributed by atoms with Gasteiger partial charge in [-0.05, 0) is 42.0 Å². The topological polar surface area (TPSA) is 48.4 Å². The van der Waals surface area contributed by atoms with Gasteiger partial charge < -0.3 is 13.7 Å². The summed E-state index contributed by atoms with van der Waals surface area (Å²) in [6.45, 7) is 2.65. The molecule has 0 N–H and O–H groups in total. The molecular weight excluding hydrogens is 355 g/mol. The maximum atomic E-state index is 13.1. The lowest BCUT2D eigenvalue weighted by Crippen LogP contribution is -2.39. The van der Waals surface area contributed by atoms with Gasteiger partial charge >= 0.3 is 0 Å². The monoisotopic (exact) mass is 374 g/mol. The van der Waals surface area contributed by atoms with Crippen LogP contribution in [0.5, 0.6) is 0 Å². The number of nitrogens with zero attached hydrogens (tertiary/aromatic N) is 4. The minimum Gasteiger partial charge on any atom is -0.461 e. The van der Waals surface area contributed by atoms with Crippen LogP contribution in [0.2, 0.25) is 0 Å². The first-order chi connectivity index (χ1) is 12.6. The molecule has 1 atom stereocenters. The molecule has 136 valence electrons. The standard InChI is InChI=1S/C18H19FN4O2S/c1-21-17(15-3-2-9-24-15)20-23(18(21)26)12-22-8-10-25-16(11-22)13-4-6-14(19)7-5-13/h2-7,9,16H,8,10-12H2,1H3. The Morgan fingerprint density at radius 3 is 2.81 bits per heavy atom. The number of aromatic nitrogens is 3. The van der Waals surface area contributed by atoms with Crippen LogP contribution in [0.25, 0.3) is 11.6 Å². The van der Waals surface area contributed by atoms with Crippen molar-refractivity contribution in [2.45, 2.75) is 12.8 Å². The van der Waals surface area contributed by atoms with E-state index >= 15 is 0 Å². The van der Waals surface area contributed by atoms with E-state index in [1.807, 2.05) is 23.7 Å². The molecule has 0 bridgehead atoms. The molecule has 6 nitrogen and oxygen atoms in total. The molecule has 1 aliphatic rings. The molecule has 1 unspecified atom stereocenters. The van der Waals surface area contributed by atoms with Crippen LogP contribution in [0, 0.1) is 10.6 Å². The van der Waals surface area contributed by atoms with Crippen molar-refractivity contribution in [3.63, 3.8) is 0 Å². The highest BCUT2D eigenvalue weighted by atomic mass is 32.1. The van der Waals surface area contributed by atoms with E-state index in [0.29, 0.717) is 36.2 Å². The Balaban J connectivity index is 1.51. The van der Waals surface area contributed by atoms with Crippen molar-refractivity contribution in [3.8, 4) is 11.6 Å². The first-order valence-corrected chi connectivity index (χ1v) is 8.80. The van der Waals surface area contributed by atoms with E-state index in [1.165, 1.54) is 12.1 Å². The molecule has 1 aromatic carbocycles. The number of rotatable bonds is 4. The van der Waals surface area contributed by atoms with E-state index in [0.717, 1.165) is 12.1 Å². The van der Waals surface area contributed by atoms with Gasteiger partial charge in [0.05, 0.1) is 25.6 Å². The van der Waals surface area contributed by atoms with Crippen LogP contribution >= 0.6 is 12.2 Å². The van der Waals surface area contributed by atoms with E-state index in [9.17, 15) is 4.39 Å². The van der Waals surface area contributed by atoms with E-state index < -0.39 is 0 Å². The van der Waals surface area contributed by atoms with Crippen molar-refractivity contribution in [1.29, 1.82) is 0 Å². The smallest absolute Gasteiger partial charge is 0.199 e. The predicted molar refractivity (Wildman–Crippen MR) is 96.4 cm³/mol. The highest BCUT2D eigenvalue weighted by molar-refractivity contribution is 7.71. The molecular formula is C18H19FN4O2S. The number of ether oxygens (including phenoxy) is 1. The average Bonchev–Trinajstić information content (AvgIpc) is 3.27. The Labute approximate surface area is 155 Å². The van der Waals surface area contributed by atoms with Gasteiger partial charge in [0, 0.05) is 20.1 Å². The van der Waals surface area contributed by atoms with Crippen molar-refractivity contribution in [2.75, 3.05) is 19.7 Å². The highest BCUT2D eigenvalue weighted by Gasteiger charge is 2.23. The Bertz CT molecular complexity index is 933. The minimum atomic E-state index is -0.244. The fourth-order valence-electron chi connectivity index (χ4n) is 3.10. The Hall–Kier alpha value is -2.29. The van der Waals surface area contributed by atoms with Crippen LogP contribution in [0.1, 0.15) is 11.7 Å². The summed E-state index contributed by atoms with van der Waals surface area (Å²) in [5, 5.41) is 4.60.